The Hall–Kier alpha value is -2.93. The number of benzene rings is 3. The van der Waals surface area contributed by atoms with E-state index in [1.807, 2.05) is 0 Å². The molecule has 0 amide bonds. The molecule has 0 spiro atoms. The third-order valence-corrected chi connectivity index (χ3v) is 7.92. The van der Waals surface area contributed by atoms with Gasteiger partial charge in [-0.05, 0) is 68.4 Å². The zero-order valence-corrected chi connectivity index (χ0v) is 21.1. The van der Waals surface area contributed by atoms with Crippen LogP contribution in [0.3, 0.4) is 0 Å². The Morgan fingerprint density at radius 3 is 2.44 bits per heavy atom. The fourth-order valence-corrected chi connectivity index (χ4v) is 6.01. The van der Waals surface area contributed by atoms with E-state index in [2.05, 4.69) is 110 Å². The summed E-state index contributed by atoms with van der Waals surface area (Å²) >= 11 is 0. The molecule has 1 nitrogen and oxygen atoms in total. The van der Waals surface area contributed by atoms with E-state index in [-0.39, 0.29) is 5.41 Å². The number of rotatable bonds is 7. The lowest BCUT2D eigenvalue weighted by Gasteiger charge is -2.23. The average Bonchev–Trinajstić information content (AvgIpc) is 3.46. The van der Waals surface area contributed by atoms with Crippen LogP contribution in [0.15, 0.2) is 90.5 Å². The normalized spacial score (nSPS) is 20.4. The Morgan fingerprint density at radius 1 is 0.941 bits per heavy atom. The van der Waals surface area contributed by atoms with E-state index in [0.717, 1.165) is 25.3 Å². The van der Waals surface area contributed by atoms with Gasteiger partial charge in [0, 0.05) is 24.1 Å². The molecule has 0 saturated heterocycles. The van der Waals surface area contributed by atoms with Crippen molar-refractivity contribution in [3.8, 4) is 0 Å². The highest BCUT2D eigenvalue weighted by Gasteiger charge is 2.48. The monoisotopic (exact) mass is 448 g/mol. The molecule has 1 saturated carbocycles. The number of allylic oxidation sites excluding steroid dienone is 4. The molecule has 1 aliphatic carbocycles. The number of hydrogen-bond acceptors (Lipinski definition) is 0. The first-order valence-electron chi connectivity index (χ1n) is 13.1. The van der Waals surface area contributed by atoms with Gasteiger partial charge in [0.15, 0.2) is 12.3 Å². The molecule has 5 rings (SSSR count). The van der Waals surface area contributed by atoms with Gasteiger partial charge >= 0.3 is 0 Å². The summed E-state index contributed by atoms with van der Waals surface area (Å²) in [6, 6.07) is 24.6. The molecular formula is C33H38N+. The molecular weight excluding hydrogens is 410 g/mol. The van der Waals surface area contributed by atoms with Gasteiger partial charge in [0.1, 0.15) is 0 Å². The highest BCUT2D eigenvalue weighted by Crippen LogP contribution is 2.47. The first-order chi connectivity index (χ1) is 16.6. The summed E-state index contributed by atoms with van der Waals surface area (Å²) in [6.07, 6.45) is 15.0. The average molecular weight is 449 g/mol. The second-order valence-corrected chi connectivity index (χ2v) is 10.7. The zero-order valence-electron chi connectivity index (χ0n) is 21.1. The van der Waals surface area contributed by atoms with Crippen molar-refractivity contribution in [2.24, 2.45) is 5.92 Å². The number of hydrogen-bond donors (Lipinski definition) is 0. The van der Waals surface area contributed by atoms with Crippen LogP contribution in [0.25, 0.3) is 10.8 Å². The minimum atomic E-state index is -0.0424. The Bertz CT molecular complexity index is 1250. The first-order valence-corrected chi connectivity index (χ1v) is 13.1. The van der Waals surface area contributed by atoms with Gasteiger partial charge in [-0.2, -0.15) is 4.58 Å². The highest BCUT2D eigenvalue weighted by atomic mass is 15.1. The van der Waals surface area contributed by atoms with Crippen molar-refractivity contribution in [3.63, 3.8) is 0 Å². The lowest BCUT2D eigenvalue weighted by atomic mass is 9.74. The van der Waals surface area contributed by atoms with Gasteiger partial charge < -0.3 is 0 Å². The van der Waals surface area contributed by atoms with Crippen molar-refractivity contribution in [1.82, 2.24) is 0 Å². The molecule has 0 aromatic heterocycles. The fourth-order valence-electron chi connectivity index (χ4n) is 6.01. The lowest BCUT2D eigenvalue weighted by molar-refractivity contribution is -0.436. The Balaban J connectivity index is 1.66. The van der Waals surface area contributed by atoms with Crippen LogP contribution in [0.4, 0.5) is 5.69 Å². The first kappa shape index (κ1) is 22.8. The summed E-state index contributed by atoms with van der Waals surface area (Å²) in [6.45, 7) is 7.94. The van der Waals surface area contributed by atoms with Gasteiger partial charge in [0.2, 0.25) is 5.69 Å². The molecule has 1 aliphatic heterocycles. The van der Waals surface area contributed by atoms with Gasteiger partial charge in [-0.3, -0.25) is 0 Å². The summed E-state index contributed by atoms with van der Waals surface area (Å²) in [5.41, 5.74) is 7.12. The van der Waals surface area contributed by atoms with E-state index in [0.29, 0.717) is 0 Å². The molecule has 1 unspecified atom stereocenters. The van der Waals surface area contributed by atoms with E-state index in [9.17, 15) is 0 Å². The quantitative estimate of drug-likeness (QED) is 0.252. The topological polar surface area (TPSA) is 3.01 Å². The largest absolute Gasteiger partial charge is 0.210 e. The van der Waals surface area contributed by atoms with Crippen molar-refractivity contribution in [1.29, 1.82) is 0 Å². The Kier molecular flexibility index (Phi) is 6.55. The molecule has 34 heavy (non-hydrogen) atoms. The fraction of sp³-hybridized carbons (Fsp3) is 0.364. The zero-order chi connectivity index (χ0) is 23.5. The molecule has 2 aliphatic rings. The van der Waals surface area contributed by atoms with Crippen molar-refractivity contribution < 1.29 is 4.58 Å². The van der Waals surface area contributed by atoms with Crippen LogP contribution in [0.2, 0.25) is 0 Å². The maximum absolute atomic E-state index is 2.64. The van der Waals surface area contributed by atoms with E-state index in [1.165, 1.54) is 64.6 Å². The summed E-state index contributed by atoms with van der Waals surface area (Å²) in [4.78, 5) is 0. The second-order valence-electron chi connectivity index (χ2n) is 10.7. The SMILES string of the molecule is CC(C)=CCC1(C)C(/C=C/C2CCCC2)=[N+](CCc2ccccc2)c2ccc3ccccc3c21. The second kappa shape index (κ2) is 9.74. The predicted octanol–water partition coefficient (Wildman–Crippen LogP) is 8.54. The summed E-state index contributed by atoms with van der Waals surface area (Å²) < 4.78 is 2.64. The van der Waals surface area contributed by atoms with Gasteiger partial charge in [-0.1, -0.05) is 85.2 Å². The van der Waals surface area contributed by atoms with Crippen LogP contribution >= 0.6 is 0 Å². The maximum Gasteiger partial charge on any atom is 0.210 e. The highest BCUT2D eigenvalue weighted by molar-refractivity contribution is 6.08. The molecule has 0 radical (unpaired) electrons. The maximum atomic E-state index is 2.64. The van der Waals surface area contributed by atoms with Crippen LogP contribution in [-0.2, 0) is 11.8 Å². The minimum Gasteiger partial charge on any atom is -0.195 e. The Labute approximate surface area is 205 Å². The molecule has 3 aromatic rings. The van der Waals surface area contributed by atoms with Gasteiger partial charge in [-0.25, -0.2) is 0 Å². The predicted molar refractivity (Wildman–Crippen MR) is 146 cm³/mol. The summed E-state index contributed by atoms with van der Waals surface area (Å²) in [5.74, 6) is 0.733. The minimum absolute atomic E-state index is 0.0424. The van der Waals surface area contributed by atoms with Gasteiger partial charge in [-0.15, -0.1) is 0 Å². The van der Waals surface area contributed by atoms with Crippen LogP contribution in [-0.4, -0.2) is 16.8 Å². The van der Waals surface area contributed by atoms with Crippen LogP contribution < -0.4 is 0 Å². The number of nitrogens with zero attached hydrogens (tertiary/aromatic N) is 1. The van der Waals surface area contributed by atoms with Crippen LogP contribution in [0.1, 0.15) is 64.0 Å². The summed E-state index contributed by atoms with van der Waals surface area (Å²) in [5, 5.41) is 2.74. The van der Waals surface area contributed by atoms with Crippen LogP contribution in [0.5, 0.6) is 0 Å². The van der Waals surface area contributed by atoms with E-state index in [1.54, 1.807) is 0 Å². The Morgan fingerprint density at radius 2 is 1.68 bits per heavy atom. The molecule has 174 valence electrons. The molecule has 0 bridgehead atoms. The third-order valence-electron chi connectivity index (χ3n) is 7.92. The third kappa shape index (κ3) is 4.41. The van der Waals surface area contributed by atoms with Crippen molar-refractivity contribution >= 4 is 22.2 Å². The van der Waals surface area contributed by atoms with E-state index >= 15 is 0 Å². The molecule has 1 heteroatoms. The van der Waals surface area contributed by atoms with E-state index < -0.39 is 0 Å². The van der Waals surface area contributed by atoms with Gasteiger partial charge in [0.05, 0.1) is 5.41 Å². The number of fused-ring (bicyclic) bond motifs is 3. The van der Waals surface area contributed by atoms with Crippen molar-refractivity contribution in [2.75, 3.05) is 6.54 Å². The summed E-state index contributed by atoms with van der Waals surface area (Å²) in [7, 11) is 0. The molecule has 1 fully saturated rings. The van der Waals surface area contributed by atoms with Gasteiger partial charge in [0.25, 0.3) is 0 Å². The van der Waals surface area contributed by atoms with Crippen LogP contribution in [0, 0.1) is 5.92 Å². The van der Waals surface area contributed by atoms with Crippen molar-refractivity contribution in [2.45, 2.75) is 64.7 Å². The molecule has 0 N–H and O–H groups in total. The van der Waals surface area contributed by atoms with E-state index in [4.69, 9.17) is 0 Å². The molecule has 1 heterocycles. The standard InChI is InChI=1S/C33H38N/c1-25(2)21-23-33(3)31(20-17-26-13-7-8-14-26)34(24-22-27-11-5-4-6-12-27)30-19-18-28-15-9-10-16-29(28)32(30)33/h4-6,9-12,15-21,26H,7-8,13-14,22-24H2,1-3H3/q+1/b20-17+. The molecule has 3 aromatic carbocycles. The lowest BCUT2D eigenvalue weighted by Crippen LogP contribution is -2.31. The van der Waals surface area contributed by atoms with Crippen molar-refractivity contribution in [3.05, 3.63) is 102 Å². The smallest absolute Gasteiger partial charge is 0.195 e. The molecule has 1 atom stereocenters.